The second-order valence-corrected chi connectivity index (χ2v) is 4.29. The molecule has 0 fully saturated rings. The molecule has 0 bridgehead atoms. The Morgan fingerprint density at radius 3 is 2.11 bits per heavy atom. The highest BCUT2D eigenvalue weighted by atomic mass is 16.5. The van der Waals surface area contributed by atoms with E-state index >= 15 is 0 Å². The number of hydrogen-bond donors (Lipinski definition) is 0. The molecular weight excluding hydrogens is 224 g/mol. The van der Waals surface area contributed by atoms with Gasteiger partial charge in [-0.25, -0.2) is 0 Å². The molecular formula is C15H18N2O. The minimum Gasteiger partial charge on any atom is -0.496 e. The molecule has 0 amide bonds. The molecule has 94 valence electrons. The van der Waals surface area contributed by atoms with E-state index in [1.165, 1.54) is 5.56 Å². The molecule has 0 radical (unpaired) electrons. The quantitative estimate of drug-likeness (QED) is 0.796. The first-order valence-corrected chi connectivity index (χ1v) is 6.05. The number of benzene rings is 1. The average Bonchev–Trinajstić information content (AvgIpc) is 2.37. The van der Waals surface area contributed by atoms with Gasteiger partial charge < -0.3 is 4.74 Å². The van der Waals surface area contributed by atoms with Gasteiger partial charge in [0, 0.05) is 12.8 Å². The Hall–Kier alpha value is -2.00. The molecule has 0 saturated carbocycles. The van der Waals surface area contributed by atoms with Gasteiger partial charge in [0.15, 0.2) is 0 Å². The van der Waals surface area contributed by atoms with Gasteiger partial charge in [0.2, 0.25) is 0 Å². The molecule has 0 aliphatic rings. The first kappa shape index (κ1) is 14.1. The van der Waals surface area contributed by atoms with Crippen molar-refractivity contribution in [3.05, 3.63) is 28.3 Å². The van der Waals surface area contributed by atoms with Gasteiger partial charge in [0.1, 0.15) is 5.75 Å². The molecule has 0 saturated heterocycles. The fraction of sp³-hybridized carbons (Fsp3) is 0.467. The van der Waals surface area contributed by atoms with E-state index in [4.69, 9.17) is 15.3 Å². The van der Waals surface area contributed by atoms with Crippen LogP contribution in [0.4, 0.5) is 0 Å². The van der Waals surface area contributed by atoms with Crippen molar-refractivity contribution in [3.8, 4) is 17.9 Å². The van der Waals surface area contributed by atoms with Crippen molar-refractivity contribution in [3.63, 3.8) is 0 Å². The third kappa shape index (κ3) is 3.02. The van der Waals surface area contributed by atoms with Crippen LogP contribution in [0.3, 0.4) is 0 Å². The minimum absolute atomic E-state index is 0.484. The summed E-state index contributed by atoms with van der Waals surface area (Å²) in [5.74, 6) is 0.848. The molecule has 3 nitrogen and oxygen atoms in total. The number of ether oxygens (including phenoxy) is 1. The van der Waals surface area contributed by atoms with E-state index in [9.17, 15) is 0 Å². The third-order valence-electron chi connectivity index (χ3n) is 3.22. The second kappa shape index (κ2) is 6.67. The van der Waals surface area contributed by atoms with E-state index in [0.717, 1.165) is 28.9 Å². The minimum atomic E-state index is 0.484. The Labute approximate surface area is 109 Å². The molecule has 0 aliphatic carbocycles. The van der Waals surface area contributed by atoms with Crippen molar-refractivity contribution in [2.24, 2.45) is 0 Å². The van der Waals surface area contributed by atoms with Crippen LogP contribution >= 0.6 is 0 Å². The number of nitriles is 2. The zero-order chi connectivity index (χ0) is 13.5. The molecule has 0 atom stereocenters. The van der Waals surface area contributed by atoms with E-state index in [1.807, 2.05) is 13.0 Å². The van der Waals surface area contributed by atoms with Crippen molar-refractivity contribution < 1.29 is 4.74 Å². The molecule has 1 rings (SSSR count). The molecule has 1 aromatic rings. The van der Waals surface area contributed by atoms with Crippen LogP contribution in [-0.2, 0) is 12.8 Å². The predicted molar refractivity (Wildman–Crippen MR) is 70.3 cm³/mol. The maximum absolute atomic E-state index is 8.71. The SMILES string of the molecule is COc1cc(C)c(CCC#N)c(C)c1CCC#N. The monoisotopic (exact) mass is 242 g/mol. The van der Waals surface area contributed by atoms with Crippen LogP contribution in [0.25, 0.3) is 0 Å². The summed E-state index contributed by atoms with van der Waals surface area (Å²) in [5, 5.41) is 17.4. The van der Waals surface area contributed by atoms with Crippen LogP contribution in [0.5, 0.6) is 5.75 Å². The Morgan fingerprint density at radius 1 is 1.06 bits per heavy atom. The lowest BCUT2D eigenvalue weighted by molar-refractivity contribution is 0.408. The van der Waals surface area contributed by atoms with E-state index < -0.39 is 0 Å². The molecule has 0 unspecified atom stereocenters. The fourth-order valence-electron chi connectivity index (χ4n) is 2.27. The summed E-state index contributed by atoms with van der Waals surface area (Å²) in [6, 6.07) is 6.35. The molecule has 1 aromatic carbocycles. The number of nitrogens with zero attached hydrogens (tertiary/aromatic N) is 2. The van der Waals surface area contributed by atoms with Crippen molar-refractivity contribution in [2.75, 3.05) is 7.11 Å². The Balaban J connectivity index is 3.21. The van der Waals surface area contributed by atoms with Gasteiger partial charge in [-0.1, -0.05) is 0 Å². The first-order valence-electron chi connectivity index (χ1n) is 6.05. The summed E-state index contributed by atoms with van der Waals surface area (Å²) in [4.78, 5) is 0. The van der Waals surface area contributed by atoms with Crippen LogP contribution in [0.15, 0.2) is 6.07 Å². The van der Waals surface area contributed by atoms with Crippen molar-refractivity contribution in [1.29, 1.82) is 10.5 Å². The highest BCUT2D eigenvalue weighted by molar-refractivity contribution is 5.49. The van der Waals surface area contributed by atoms with Crippen LogP contribution in [-0.4, -0.2) is 7.11 Å². The zero-order valence-electron chi connectivity index (χ0n) is 11.2. The van der Waals surface area contributed by atoms with Gasteiger partial charge in [-0.15, -0.1) is 0 Å². The van der Waals surface area contributed by atoms with Crippen molar-refractivity contribution in [2.45, 2.75) is 39.5 Å². The smallest absolute Gasteiger partial charge is 0.122 e. The third-order valence-corrected chi connectivity index (χ3v) is 3.22. The van der Waals surface area contributed by atoms with Crippen LogP contribution < -0.4 is 4.74 Å². The lowest BCUT2D eigenvalue weighted by Crippen LogP contribution is -2.02. The molecule has 0 spiro atoms. The van der Waals surface area contributed by atoms with Gasteiger partial charge >= 0.3 is 0 Å². The summed E-state index contributed by atoms with van der Waals surface area (Å²) in [5.41, 5.74) is 4.63. The standard InChI is InChI=1S/C15H18N2O/c1-11-10-15(18-3)14(7-5-9-17)12(2)13(11)6-4-8-16/h10H,4-7H2,1-3H3. The van der Waals surface area contributed by atoms with E-state index in [-0.39, 0.29) is 0 Å². The van der Waals surface area contributed by atoms with Crippen LogP contribution in [0, 0.1) is 36.5 Å². The molecule has 3 heteroatoms. The molecule has 0 heterocycles. The molecule has 0 N–H and O–H groups in total. The van der Waals surface area contributed by atoms with Crippen molar-refractivity contribution in [1.82, 2.24) is 0 Å². The van der Waals surface area contributed by atoms with Gasteiger partial charge in [0.05, 0.1) is 19.2 Å². The summed E-state index contributed by atoms with van der Waals surface area (Å²) in [7, 11) is 1.65. The topological polar surface area (TPSA) is 56.8 Å². The van der Waals surface area contributed by atoms with E-state index in [0.29, 0.717) is 19.3 Å². The maximum atomic E-state index is 8.71. The van der Waals surface area contributed by atoms with Crippen LogP contribution in [0.2, 0.25) is 0 Å². The second-order valence-electron chi connectivity index (χ2n) is 4.29. The van der Waals surface area contributed by atoms with Gasteiger partial charge in [0.25, 0.3) is 0 Å². The maximum Gasteiger partial charge on any atom is 0.122 e. The van der Waals surface area contributed by atoms with E-state index in [1.54, 1.807) is 7.11 Å². The van der Waals surface area contributed by atoms with Gasteiger partial charge in [-0.3, -0.25) is 0 Å². The number of hydrogen-bond acceptors (Lipinski definition) is 3. The number of rotatable bonds is 5. The highest BCUT2D eigenvalue weighted by Crippen LogP contribution is 2.30. The predicted octanol–water partition coefficient (Wildman–Crippen LogP) is 3.22. The largest absolute Gasteiger partial charge is 0.496 e. The summed E-state index contributed by atoms with van der Waals surface area (Å²) < 4.78 is 5.39. The van der Waals surface area contributed by atoms with Crippen LogP contribution in [0.1, 0.15) is 35.1 Å². The van der Waals surface area contributed by atoms with E-state index in [2.05, 4.69) is 19.1 Å². The van der Waals surface area contributed by atoms with Crippen molar-refractivity contribution >= 4 is 0 Å². The Bertz CT molecular complexity index is 507. The number of aryl methyl sites for hydroxylation is 1. The van der Waals surface area contributed by atoms with Gasteiger partial charge in [-0.2, -0.15) is 10.5 Å². The fourth-order valence-corrected chi connectivity index (χ4v) is 2.27. The molecule has 18 heavy (non-hydrogen) atoms. The normalized spacial score (nSPS) is 9.61. The summed E-state index contributed by atoms with van der Waals surface area (Å²) >= 11 is 0. The van der Waals surface area contributed by atoms with Gasteiger partial charge in [-0.05, 0) is 55.0 Å². The first-order chi connectivity index (χ1) is 8.65. The molecule has 0 aliphatic heterocycles. The zero-order valence-corrected chi connectivity index (χ0v) is 11.2. The Morgan fingerprint density at radius 2 is 1.61 bits per heavy atom. The Kier molecular flexibility index (Phi) is 5.21. The lowest BCUT2D eigenvalue weighted by atomic mass is 9.91. The summed E-state index contributed by atoms with van der Waals surface area (Å²) in [6.45, 7) is 4.09. The molecule has 0 aromatic heterocycles. The average molecular weight is 242 g/mol. The highest BCUT2D eigenvalue weighted by Gasteiger charge is 2.13. The number of methoxy groups -OCH3 is 1. The summed E-state index contributed by atoms with van der Waals surface area (Å²) in [6.07, 6.45) is 2.46. The lowest BCUT2D eigenvalue weighted by Gasteiger charge is -2.17.